The van der Waals surface area contributed by atoms with E-state index in [4.69, 9.17) is 12.2 Å². The van der Waals surface area contributed by atoms with E-state index >= 15 is 0 Å². The van der Waals surface area contributed by atoms with Gasteiger partial charge in [0.05, 0.1) is 6.67 Å². The van der Waals surface area contributed by atoms with Crippen molar-refractivity contribution in [2.45, 2.75) is 20.1 Å². The van der Waals surface area contributed by atoms with Gasteiger partial charge in [0.25, 0.3) is 0 Å². The molecule has 0 fully saturated rings. The molecule has 0 unspecified atom stereocenters. The van der Waals surface area contributed by atoms with Crippen LogP contribution in [0.4, 0.5) is 0 Å². The van der Waals surface area contributed by atoms with Gasteiger partial charge in [-0.25, -0.2) is 4.68 Å². The average Bonchev–Trinajstić information content (AvgIpc) is 2.96. The Morgan fingerprint density at radius 1 is 1.12 bits per heavy atom. The summed E-state index contributed by atoms with van der Waals surface area (Å²) in [6, 6.07) is 18.4. The molecule has 0 atom stereocenters. The Morgan fingerprint density at radius 2 is 1.83 bits per heavy atom. The third kappa shape index (κ3) is 4.01. The summed E-state index contributed by atoms with van der Waals surface area (Å²) >= 11 is 8.99. The Labute approximate surface area is 155 Å². The summed E-state index contributed by atoms with van der Waals surface area (Å²) in [5, 5.41) is 3.32. The molecule has 0 amide bonds. The van der Waals surface area contributed by atoms with Crippen LogP contribution in [-0.4, -0.2) is 26.2 Å². The van der Waals surface area contributed by atoms with Crippen molar-refractivity contribution in [3.8, 4) is 11.4 Å². The zero-order valence-electron chi connectivity index (χ0n) is 13.4. The van der Waals surface area contributed by atoms with Crippen molar-refractivity contribution in [2.75, 3.05) is 6.54 Å². The third-order valence-electron chi connectivity index (χ3n) is 3.85. The van der Waals surface area contributed by atoms with Crippen molar-refractivity contribution in [1.82, 2.24) is 19.7 Å². The molecular formula is C18H19BrN4S. The zero-order valence-corrected chi connectivity index (χ0v) is 15.8. The van der Waals surface area contributed by atoms with E-state index in [1.165, 1.54) is 5.56 Å². The van der Waals surface area contributed by atoms with E-state index in [9.17, 15) is 0 Å². The van der Waals surface area contributed by atoms with Gasteiger partial charge in [0, 0.05) is 16.6 Å². The molecule has 1 aromatic heterocycles. The van der Waals surface area contributed by atoms with E-state index in [1.807, 2.05) is 35.0 Å². The fourth-order valence-corrected chi connectivity index (χ4v) is 3.20. The van der Waals surface area contributed by atoms with Crippen LogP contribution in [0.1, 0.15) is 12.5 Å². The van der Waals surface area contributed by atoms with Gasteiger partial charge in [0.15, 0.2) is 5.82 Å². The highest BCUT2D eigenvalue weighted by molar-refractivity contribution is 9.10. The van der Waals surface area contributed by atoms with E-state index in [-0.39, 0.29) is 0 Å². The number of rotatable bonds is 6. The van der Waals surface area contributed by atoms with Crippen LogP contribution in [0.2, 0.25) is 0 Å². The third-order valence-corrected chi connectivity index (χ3v) is 4.85. The Morgan fingerprint density at radius 3 is 2.54 bits per heavy atom. The van der Waals surface area contributed by atoms with E-state index in [1.54, 1.807) is 0 Å². The second-order valence-electron chi connectivity index (χ2n) is 5.53. The van der Waals surface area contributed by atoms with E-state index in [2.05, 4.69) is 62.1 Å². The standard InChI is InChI=1S/C18H19BrN4S/c1-2-22(12-14-8-4-3-5-9-14)13-23-18(24)20-17(21-23)15-10-6-7-11-16(15)19/h3-11H,2,12-13H2,1H3,(H,20,21,24). The van der Waals surface area contributed by atoms with Crippen LogP contribution in [0.25, 0.3) is 11.4 Å². The minimum Gasteiger partial charge on any atom is -0.280 e. The summed E-state index contributed by atoms with van der Waals surface area (Å²) in [5.41, 5.74) is 2.30. The predicted octanol–water partition coefficient (Wildman–Crippen LogP) is 4.85. The van der Waals surface area contributed by atoms with Crippen LogP contribution >= 0.6 is 28.1 Å². The lowest BCUT2D eigenvalue weighted by molar-refractivity contribution is 0.208. The van der Waals surface area contributed by atoms with Crippen LogP contribution in [0.5, 0.6) is 0 Å². The number of hydrogen-bond acceptors (Lipinski definition) is 3. The van der Waals surface area contributed by atoms with Crippen molar-refractivity contribution in [1.29, 1.82) is 0 Å². The molecule has 0 aliphatic heterocycles. The van der Waals surface area contributed by atoms with Gasteiger partial charge in [-0.05, 0) is 30.4 Å². The van der Waals surface area contributed by atoms with Crippen molar-refractivity contribution >= 4 is 28.1 Å². The predicted molar refractivity (Wildman–Crippen MR) is 103 cm³/mol. The normalized spacial score (nSPS) is 11.1. The van der Waals surface area contributed by atoms with Gasteiger partial charge < -0.3 is 0 Å². The highest BCUT2D eigenvalue weighted by Gasteiger charge is 2.10. The molecule has 24 heavy (non-hydrogen) atoms. The van der Waals surface area contributed by atoms with Gasteiger partial charge in [-0.1, -0.05) is 71.4 Å². The summed E-state index contributed by atoms with van der Waals surface area (Å²) in [6.07, 6.45) is 0. The highest BCUT2D eigenvalue weighted by Crippen LogP contribution is 2.25. The lowest BCUT2D eigenvalue weighted by atomic mass is 10.2. The lowest BCUT2D eigenvalue weighted by Gasteiger charge is -2.20. The molecule has 4 nitrogen and oxygen atoms in total. The second-order valence-corrected chi connectivity index (χ2v) is 6.75. The van der Waals surface area contributed by atoms with Crippen LogP contribution < -0.4 is 0 Å². The molecule has 1 heterocycles. The second kappa shape index (κ2) is 7.88. The number of nitrogens with zero attached hydrogens (tertiary/aromatic N) is 3. The van der Waals surface area contributed by atoms with Crippen molar-refractivity contribution in [3.05, 3.63) is 69.4 Å². The highest BCUT2D eigenvalue weighted by atomic mass is 79.9. The van der Waals surface area contributed by atoms with Crippen LogP contribution in [0.15, 0.2) is 59.1 Å². The summed E-state index contributed by atoms with van der Waals surface area (Å²) < 4.78 is 3.47. The Balaban J connectivity index is 1.80. The number of benzene rings is 2. The molecule has 1 N–H and O–H groups in total. The Bertz CT molecular complexity index is 857. The molecule has 3 aromatic rings. The Kier molecular flexibility index (Phi) is 5.60. The van der Waals surface area contributed by atoms with Gasteiger partial charge in [-0.3, -0.25) is 10.00 Å². The van der Waals surface area contributed by atoms with E-state index < -0.39 is 0 Å². The molecule has 2 aromatic carbocycles. The molecule has 0 bridgehead atoms. The molecule has 0 spiro atoms. The molecule has 0 radical (unpaired) electrons. The first-order chi connectivity index (χ1) is 11.7. The van der Waals surface area contributed by atoms with Crippen molar-refractivity contribution in [3.63, 3.8) is 0 Å². The monoisotopic (exact) mass is 402 g/mol. The lowest BCUT2D eigenvalue weighted by Crippen LogP contribution is -2.26. The van der Waals surface area contributed by atoms with Gasteiger partial charge in [-0.15, -0.1) is 0 Å². The van der Waals surface area contributed by atoms with Gasteiger partial charge in [-0.2, -0.15) is 4.98 Å². The Hall–Kier alpha value is -1.76. The fourth-order valence-electron chi connectivity index (χ4n) is 2.53. The van der Waals surface area contributed by atoms with E-state index in [0.717, 1.165) is 29.0 Å². The first-order valence-corrected chi connectivity index (χ1v) is 9.05. The summed E-state index contributed by atoms with van der Waals surface area (Å²) in [5.74, 6) is 0.781. The van der Waals surface area contributed by atoms with Crippen molar-refractivity contribution in [2.24, 2.45) is 0 Å². The minimum absolute atomic E-state index is 0.562. The first kappa shape index (κ1) is 17.1. The fraction of sp³-hybridized carbons (Fsp3) is 0.222. The number of aromatic amines is 1. The van der Waals surface area contributed by atoms with Crippen molar-refractivity contribution < 1.29 is 0 Å². The molecule has 0 saturated carbocycles. The molecule has 0 saturated heterocycles. The summed E-state index contributed by atoms with van der Waals surface area (Å²) in [4.78, 5) is 6.81. The maximum absolute atomic E-state index is 5.43. The summed E-state index contributed by atoms with van der Waals surface area (Å²) in [7, 11) is 0. The quantitative estimate of drug-likeness (QED) is 0.598. The van der Waals surface area contributed by atoms with Gasteiger partial charge >= 0.3 is 0 Å². The first-order valence-electron chi connectivity index (χ1n) is 7.85. The molecule has 124 valence electrons. The minimum atomic E-state index is 0.562. The number of H-pyrrole nitrogens is 1. The maximum atomic E-state index is 5.43. The SMILES string of the molecule is CCN(Cc1ccccc1)Cn1[nH]c(-c2ccccc2Br)nc1=S. The van der Waals surface area contributed by atoms with Crippen LogP contribution in [0, 0.1) is 4.77 Å². The van der Waals surface area contributed by atoms with Crippen LogP contribution in [0.3, 0.4) is 0 Å². The van der Waals surface area contributed by atoms with Crippen LogP contribution in [-0.2, 0) is 13.2 Å². The summed E-state index contributed by atoms with van der Waals surface area (Å²) in [6.45, 7) is 4.64. The largest absolute Gasteiger partial charge is 0.280 e. The maximum Gasteiger partial charge on any atom is 0.217 e. The number of hydrogen-bond donors (Lipinski definition) is 1. The van der Waals surface area contributed by atoms with Gasteiger partial charge in [0.1, 0.15) is 0 Å². The smallest absolute Gasteiger partial charge is 0.217 e. The molecule has 0 aliphatic rings. The molecule has 6 heteroatoms. The topological polar surface area (TPSA) is 36.9 Å². The number of nitrogens with one attached hydrogen (secondary N) is 1. The zero-order chi connectivity index (χ0) is 16.9. The van der Waals surface area contributed by atoms with E-state index in [0.29, 0.717) is 11.4 Å². The molecular weight excluding hydrogens is 384 g/mol. The molecule has 3 rings (SSSR count). The number of aromatic nitrogens is 3. The van der Waals surface area contributed by atoms with Gasteiger partial charge in [0.2, 0.25) is 4.77 Å². The number of halogens is 1. The average molecular weight is 403 g/mol. The molecule has 0 aliphatic carbocycles.